The number of nitrogens with zero attached hydrogens (tertiary/aromatic N) is 4. The Morgan fingerprint density at radius 2 is 1.74 bits per heavy atom. The molecule has 2 aromatic carbocycles. The van der Waals surface area contributed by atoms with E-state index in [0.29, 0.717) is 37.0 Å². The van der Waals surface area contributed by atoms with Gasteiger partial charge < -0.3 is 23.8 Å². The summed E-state index contributed by atoms with van der Waals surface area (Å²) in [7, 11) is 0. The number of benzene rings is 2. The van der Waals surface area contributed by atoms with Crippen LogP contribution in [0.5, 0.6) is 17.4 Å². The van der Waals surface area contributed by atoms with Crippen LogP contribution in [0.15, 0.2) is 36.7 Å². The van der Waals surface area contributed by atoms with Gasteiger partial charge in [-0.05, 0) is 24.6 Å². The molecule has 0 amide bonds. The number of anilines is 1. The molecule has 3 heterocycles. The van der Waals surface area contributed by atoms with Crippen LogP contribution in [-0.2, 0) is 9.47 Å². The van der Waals surface area contributed by atoms with Gasteiger partial charge in [0.15, 0.2) is 0 Å². The van der Waals surface area contributed by atoms with Crippen LogP contribution in [0.25, 0.3) is 10.9 Å². The summed E-state index contributed by atoms with van der Waals surface area (Å²) in [6, 6.07) is 7.91. The molecule has 3 aromatic rings. The highest BCUT2D eigenvalue weighted by molar-refractivity contribution is 6.32. The van der Waals surface area contributed by atoms with Crippen LogP contribution in [0.1, 0.15) is 6.42 Å². The quantitative estimate of drug-likeness (QED) is 0.425. The number of aromatic nitrogens is 2. The zero-order valence-corrected chi connectivity index (χ0v) is 20.2. The summed E-state index contributed by atoms with van der Waals surface area (Å²) in [6.45, 7) is 7.80. The third kappa shape index (κ3) is 5.92. The van der Waals surface area contributed by atoms with E-state index in [2.05, 4.69) is 19.8 Å². The van der Waals surface area contributed by atoms with E-state index in [0.717, 1.165) is 69.2 Å². The lowest BCUT2D eigenvalue weighted by Gasteiger charge is -2.30. The SMILES string of the molecule is Fc1ccc(Oc2ncnc3cc(OCCCN4CCOCC4)cc(N4CCOCC4)c23)c(Cl)c1. The van der Waals surface area contributed by atoms with Gasteiger partial charge in [0, 0.05) is 44.9 Å². The van der Waals surface area contributed by atoms with E-state index in [1.807, 2.05) is 12.1 Å². The second kappa shape index (κ2) is 11.3. The molecular weight excluding hydrogens is 475 g/mol. The van der Waals surface area contributed by atoms with Crippen molar-refractivity contribution in [3.05, 3.63) is 47.5 Å². The lowest BCUT2D eigenvalue weighted by atomic mass is 10.1. The van der Waals surface area contributed by atoms with Gasteiger partial charge in [0.25, 0.3) is 0 Å². The molecule has 5 rings (SSSR count). The van der Waals surface area contributed by atoms with Crippen LogP contribution in [-0.4, -0.2) is 80.6 Å². The molecule has 2 saturated heterocycles. The second-order valence-electron chi connectivity index (χ2n) is 8.45. The second-order valence-corrected chi connectivity index (χ2v) is 8.85. The van der Waals surface area contributed by atoms with Gasteiger partial charge in [-0.2, -0.15) is 0 Å². The van der Waals surface area contributed by atoms with Crippen LogP contribution in [0.4, 0.5) is 10.1 Å². The van der Waals surface area contributed by atoms with Crippen molar-refractivity contribution in [3.8, 4) is 17.4 Å². The van der Waals surface area contributed by atoms with E-state index >= 15 is 0 Å². The number of morpholine rings is 2. The maximum absolute atomic E-state index is 13.5. The highest BCUT2D eigenvalue weighted by atomic mass is 35.5. The summed E-state index contributed by atoms with van der Waals surface area (Å²) in [4.78, 5) is 13.5. The molecule has 186 valence electrons. The number of fused-ring (bicyclic) bond motifs is 1. The molecular formula is C25H28ClFN4O4. The lowest BCUT2D eigenvalue weighted by Crippen LogP contribution is -2.37. The van der Waals surface area contributed by atoms with Crippen molar-refractivity contribution in [2.24, 2.45) is 0 Å². The first-order valence-corrected chi connectivity index (χ1v) is 12.2. The Bertz CT molecular complexity index is 1160. The number of ether oxygens (including phenoxy) is 4. The minimum atomic E-state index is -0.431. The van der Waals surface area contributed by atoms with Crippen molar-refractivity contribution in [2.45, 2.75) is 6.42 Å². The average molecular weight is 503 g/mol. The van der Waals surface area contributed by atoms with Crippen LogP contribution in [0.2, 0.25) is 5.02 Å². The molecule has 0 saturated carbocycles. The van der Waals surface area contributed by atoms with Crippen LogP contribution in [0.3, 0.4) is 0 Å². The van der Waals surface area contributed by atoms with Gasteiger partial charge in [0.2, 0.25) is 5.88 Å². The van der Waals surface area contributed by atoms with Crippen molar-refractivity contribution in [1.29, 1.82) is 0 Å². The Kier molecular flexibility index (Phi) is 7.78. The van der Waals surface area contributed by atoms with E-state index in [1.54, 1.807) is 0 Å². The van der Waals surface area contributed by atoms with Gasteiger partial charge in [-0.1, -0.05) is 11.6 Å². The van der Waals surface area contributed by atoms with E-state index in [-0.39, 0.29) is 5.02 Å². The summed E-state index contributed by atoms with van der Waals surface area (Å²) >= 11 is 6.21. The normalized spacial score (nSPS) is 17.0. The topological polar surface area (TPSA) is 69.2 Å². The summed E-state index contributed by atoms with van der Waals surface area (Å²) in [5.41, 5.74) is 1.60. The molecule has 35 heavy (non-hydrogen) atoms. The number of halogens is 2. The monoisotopic (exact) mass is 502 g/mol. The summed E-state index contributed by atoms with van der Waals surface area (Å²) in [5, 5.41) is 0.917. The summed E-state index contributed by atoms with van der Waals surface area (Å²) in [5.74, 6) is 0.984. The molecule has 10 heteroatoms. The van der Waals surface area contributed by atoms with Gasteiger partial charge in [-0.15, -0.1) is 0 Å². The van der Waals surface area contributed by atoms with E-state index < -0.39 is 5.82 Å². The van der Waals surface area contributed by atoms with Gasteiger partial charge >= 0.3 is 0 Å². The van der Waals surface area contributed by atoms with Crippen molar-refractivity contribution in [2.75, 3.05) is 70.7 Å². The molecule has 0 unspecified atom stereocenters. The van der Waals surface area contributed by atoms with Crippen molar-refractivity contribution < 1.29 is 23.3 Å². The molecule has 0 N–H and O–H groups in total. The highest BCUT2D eigenvalue weighted by Crippen LogP contribution is 2.39. The zero-order valence-electron chi connectivity index (χ0n) is 19.4. The Morgan fingerprint density at radius 1 is 0.971 bits per heavy atom. The first kappa shape index (κ1) is 24.0. The molecule has 0 bridgehead atoms. The molecule has 8 nitrogen and oxygen atoms in total. The first-order chi connectivity index (χ1) is 17.2. The van der Waals surface area contributed by atoms with Gasteiger partial charge in [0.05, 0.1) is 54.6 Å². The minimum absolute atomic E-state index is 0.171. The molecule has 2 aliphatic rings. The van der Waals surface area contributed by atoms with Crippen molar-refractivity contribution in [1.82, 2.24) is 14.9 Å². The summed E-state index contributed by atoms with van der Waals surface area (Å²) < 4.78 is 36.7. The van der Waals surface area contributed by atoms with Gasteiger partial charge in [-0.3, -0.25) is 4.90 Å². The van der Waals surface area contributed by atoms with Crippen LogP contribution < -0.4 is 14.4 Å². The van der Waals surface area contributed by atoms with Crippen LogP contribution >= 0.6 is 11.6 Å². The maximum Gasteiger partial charge on any atom is 0.232 e. The first-order valence-electron chi connectivity index (χ1n) is 11.8. The number of hydrogen-bond donors (Lipinski definition) is 0. The average Bonchev–Trinajstić information content (AvgIpc) is 2.89. The van der Waals surface area contributed by atoms with Crippen molar-refractivity contribution >= 4 is 28.2 Å². The molecule has 1 aromatic heterocycles. The Morgan fingerprint density at radius 3 is 2.51 bits per heavy atom. The van der Waals surface area contributed by atoms with Crippen LogP contribution in [0, 0.1) is 5.82 Å². The van der Waals surface area contributed by atoms with Crippen molar-refractivity contribution in [3.63, 3.8) is 0 Å². The molecule has 2 aliphatic heterocycles. The molecule has 0 aliphatic carbocycles. The largest absolute Gasteiger partial charge is 0.493 e. The molecule has 0 spiro atoms. The standard InChI is InChI=1S/C25H28ClFN4O4/c26-20-14-18(27)2-3-23(20)35-25-24-21(28-17-29-25)15-19(16-22(24)31-7-12-33-13-8-31)34-9-1-4-30-5-10-32-11-6-30/h2-3,14-17H,1,4-13H2. The Balaban J connectivity index is 1.40. The predicted octanol–water partition coefficient (Wildman–Crippen LogP) is 4.15. The van der Waals surface area contributed by atoms with Gasteiger partial charge in [0.1, 0.15) is 23.6 Å². The predicted molar refractivity (Wildman–Crippen MR) is 131 cm³/mol. The third-order valence-electron chi connectivity index (χ3n) is 6.10. The molecule has 2 fully saturated rings. The number of rotatable bonds is 8. The number of hydrogen-bond acceptors (Lipinski definition) is 8. The lowest BCUT2D eigenvalue weighted by molar-refractivity contribution is 0.0358. The Labute approximate surface area is 208 Å². The molecule has 0 radical (unpaired) electrons. The van der Waals surface area contributed by atoms with E-state index in [4.69, 9.17) is 30.5 Å². The fourth-order valence-electron chi connectivity index (χ4n) is 4.30. The van der Waals surface area contributed by atoms with Gasteiger partial charge in [-0.25, -0.2) is 14.4 Å². The Hall–Kier alpha value is -2.72. The van der Waals surface area contributed by atoms with E-state index in [9.17, 15) is 4.39 Å². The third-order valence-corrected chi connectivity index (χ3v) is 6.39. The summed E-state index contributed by atoms with van der Waals surface area (Å²) in [6.07, 6.45) is 2.37. The van der Waals surface area contributed by atoms with E-state index in [1.165, 1.54) is 24.5 Å². The fourth-order valence-corrected chi connectivity index (χ4v) is 4.50. The fraction of sp³-hybridized carbons (Fsp3) is 0.440. The minimum Gasteiger partial charge on any atom is -0.493 e. The molecule has 0 atom stereocenters. The maximum atomic E-state index is 13.5. The zero-order chi connectivity index (χ0) is 24.0. The highest BCUT2D eigenvalue weighted by Gasteiger charge is 2.21. The smallest absolute Gasteiger partial charge is 0.232 e.